The van der Waals surface area contributed by atoms with E-state index < -0.39 is 0 Å². The van der Waals surface area contributed by atoms with Crippen LogP contribution in [0.25, 0.3) is 0 Å². The summed E-state index contributed by atoms with van der Waals surface area (Å²) in [6.45, 7) is 3.44. The van der Waals surface area contributed by atoms with Gasteiger partial charge in [0.1, 0.15) is 6.26 Å². The van der Waals surface area contributed by atoms with Crippen LogP contribution >= 0.6 is 0 Å². The second-order valence-electron chi connectivity index (χ2n) is 1.83. The summed E-state index contributed by atoms with van der Waals surface area (Å²) in [5, 5.41) is 8.06. The largest absolute Gasteiger partial charge is 0.431 e. The minimum atomic E-state index is -0.245. The molecule has 0 aromatic heterocycles. The summed E-state index contributed by atoms with van der Waals surface area (Å²) in [7, 11) is 0. The van der Waals surface area contributed by atoms with E-state index in [1.165, 1.54) is 12.3 Å². The van der Waals surface area contributed by atoms with Crippen molar-refractivity contribution in [2.45, 2.75) is 20.0 Å². The van der Waals surface area contributed by atoms with Gasteiger partial charge in [-0.05, 0) is 13.8 Å². The summed E-state index contributed by atoms with van der Waals surface area (Å²) < 4.78 is 4.11. The molecule has 1 aliphatic heterocycles. The van der Waals surface area contributed by atoms with Crippen molar-refractivity contribution in [3.8, 4) is 0 Å². The molecule has 1 N–H and O–H groups in total. The summed E-state index contributed by atoms with van der Waals surface area (Å²) in [6, 6.07) is 0. The standard InChI is InChI=1S/C3H2O2.C3H8O/c4-3-1-2-5-3;1-3(2)4/h1-2H;3-4H,1-2H3. The Morgan fingerprint density at radius 3 is 1.89 bits per heavy atom. The maximum Gasteiger partial charge on any atom is 0.338 e. The van der Waals surface area contributed by atoms with Gasteiger partial charge in [0.2, 0.25) is 0 Å². The average Bonchev–Trinajstić information content (AvgIpc) is 1.59. The highest BCUT2D eigenvalue weighted by atomic mass is 16.5. The van der Waals surface area contributed by atoms with Gasteiger partial charge in [-0.15, -0.1) is 0 Å². The van der Waals surface area contributed by atoms with Crippen LogP contribution in [-0.2, 0) is 9.53 Å². The van der Waals surface area contributed by atoms with E-state index in [2.05, 4.69) is 4.74 Å². The molecule has 1 heterocycles. The van der Waals surface area contributed by atoms with E-state index in [-0.39, 0.29) is 12.1 Å². The number of cyclic esters (lactones) is 1. The van der Waals surface area contributed by atoms with Crippen LogP contribution in [0.15, 0.2) is 12.3 Å². The van der Waals surface area contributed by atoms with E-state index in [1.54, 1.807) is 13.8 Å². The molecule has 0 aromatic rings. The first-order valence-electron chi connectivity index (χ1n) is 2.68. The van der Waals surface area contributed by atoms with E-state index in [0.29, 0.717) is 0 Å². The Morgan fingerprint density at radius 2 is 1.89 bits per heavy atom. The first kappa shape index (κ1) is 8.17. The lowest BCUT2D eigenvalue weighted by molar-refractivity contribution is -0.136. The van der Waals surface area contributed by atoms with Crippen molar-refractivity contribution in [2.24, 2.45) is 0 Å². The highest BCUT2D eigenvalue weighted by Crippen LogP contribution is 1.91. The first-order valence-corrected chi connectivity index (χ1v) is 2.68. The van der Waals surface area contributed by atoms with Gasteiger partial charge in [0.15, 0.2) is 0 Å². The fraction of sp³-hybridized carbons (Fsp3) is 0.500. The highest BCUT2D eigenvalue weighted by molar-refractivity contribution is 5.86. The SMILES string of the molecule is CC(C)O.O=C1C=CO1. The number of rotatable bonds is 0. The molecule has 3 heteroatoms. The summed E-state index contributed by atoms with van der Waals surface area (Å²) in [4.78, 5) is 9.59. The minimum Gasteiger partial charge on any atom is -0.431 e. The molecule has 0 bridgehead atoms. The number of esters is 1. The smallest absolute Gasteiger partial charge is 0.338 e. The Bertz CT molecular complexity index is 113. The summed E-state index contributed by atoms with van der Waals surface area (Å²) >= 11 is 0. The summed E-state index contributed by atoms with van der Waals surface area (Å²) in [5.41, 5.74) is 0. The number of carbonyl (C=O) groups excluding carboxylic acids is 1. The predicted octanol–water partition coefficient (Wildman–Crippen LogP) is 0.444. The lowest BCUT2D eigenvalue weighted by Gasteiger charge is -1.96. The van der Waals surface area contributed by atoms with Crippen molar-refractivity contribution in [3.05, 3.63) is 12.3 Å². The molecule has 0 saturated heterocycles. The van der Waals surface area contributed by atoms with Crippen molar-refractivity contribution >= 4 is 5.97 Å². The molecular weight excluding hydrogens is 120 g/mol. The number of carbonyl (C=O) groups is 1. The van der Waals surface area contributed by atoms with Crippen LogP contribution in [-0.4, -0.2) is 17.2 Å². The van der Waals surface area contributed by atoms with E-state index >= 15 is 0 Å². The second kappa shape index (κ2) is 4.09. The summed E-state index contributed by atoms with van der Waals surface area (Å²) in [6.07, 6.45) is 2.54. The highest BCUT2D eigenvalue weighted by Gasteiger charge is 1.99. The van der Waals surface area contributed by atoms with Gasteiger partial charge >= 0.3 is 5.97 Å². The third kappa shape index (κ3) is 7.17. The molecule has 0 atom stereocenters. The van der Waals surface area contributed by atoms with Gasteiger partial charge < -0.3 is 9.84 Å². The minimum absolute atomic E-state index is 0.167. The van der Waals surface area contributed by atoms with Crippen molar-refractivity contribution < 1.29 is 14.6 Å². The predicted molar refractivity (Wildman–Crippen MR) is 32.6 cm³/mol. The van der Waals surface area contributed by atoms with Gasteiger partial charge in [-0.25, -0.2) is 4.79 Å². The number of aliphatic hydroxyl groups is 1. The Kier molecular flexibility index (Phi) is 3.71. The van der Waals surface area contributed by atoms with E-state index in [9.17, 15) is 4.79 Å². The number of ether oxygens (including phenoxy) is 1. The Hall–Kier alpha value is -0.830. The molecule has 0 fully saturated rings. The molecule has 1 aliphatic rings. The molecule has 0 amide bonds. The van der Waals surface area contributed by atoms with Crippen LogP contribution < -0.4 is 0 Å². The summed E-state index contributed by atoms with van der Waals surface area (Å²) in [5.74, 6) is -0.245. The average molecular weight is 130 g/mol. The molecule has 3 nitrogen and oxygen atoms in total. The van der Waals surface area contributed by atoms with Gasteiger partial charge in [0.25, 0.3) is 0 Å². The second-order valence-corrected chi connectivity index (χ2v) is 1.83. The zero-order chi connectivity index (χ0) is 7.28. The van der Waals surface area contributed by atoms with Crippen LogP contribution in [0.5, 0.6) is 0 Å². The molecule has 52 valence electrons. The molecule has 0 saturated carbocycles. The first-order chi connectivity index (χ1) is 4.13. The number of hydrogen-bond acceptors (Lipinski definition) is 3. The Balaban J connectivity index is 0.000000148. The van der Waals surface area contributed by atoms with Gasteiger partial charge in [-0.2, -0.15) is 0 Å². The Morgan fingerprint density at radius 1 is 1.67 bits per heavy atom. The van der Waals surface area contributed by atoms with Crippen molar-refractivity contribution in [1.29, 1.82) is 0 Å². The zero-order valence-corrected chi connectivity index (χ0v) is 5.50. The number of aliphatic hydroxyl groups excluding tert-OH is 1. The molecule has 0 radical (unpaired) electrons. The zero-order valence-electron chi connectivity index (χ0n) is 5.50. The van der Waals surface area contributed by atoms with Crippen LogP contribution in [0.1, 0.15) is 13.8 Å². The normalized spacial score (nSPS) is 13.6. The fourth-order valence-corrected chi connectivity index (χ4v) is 0.124. The van der Waals surface area contributed by atoms with E-state index in [1.807, 2.05) is 0 Å². The number of hydrogen-bond donors (Lipinski definition) is 1. The molecule has 0 aliphatic carbocycles. The van der Waals surface area contributed by atoms with Crippen LogP contribution in [0.2, 0.25) is 0 Å². The van der Waals surface area contributed by atoms with Gasteiger partial charge in [0.05, 0.1) is 6.08 Å². The lowest BCUT2D eigenvalue weighted by Crippen LogP contribution is -2.01. The quantitative estimate of drug-likeness (QED) is 0.484. The maximum absolute atomic E-state index is 9.59. The molecule has 1 rings (SSSR count). The van der Waals surface area contributed by atoms with Gasteiger partial charge in [-0.3, -0.25) is 0 Å². The topological polar surface area (TPSA) is 46.5 Å². The molecule has 9 heavy (non-hydrogen) atoms. The van der Waals surface area contributed by atoms with Crippen LogP contribution in [0.4, 0.5) is 0 Å². The third-order valence-electron chi connectivity index (χ3n) is 0.388. The lowest BCUT2D eigenvalue weighted by atomic mass is 10.5. The fourth-order valence-electron chi connectivity index (χ4n) is 0.124. The van der Waals surface area contributed by atoms with Crippen molar-refractivity contribution in [3.63, 3.8) is 0 Å². The van der Waals surface area contributed by atoms with Crippen LogP contribution in [0.3, 0.4) is 0 Å². The van der Waals surface area contributed by atoms with Crippen molar-refractivity contribution in [1.82, 2.24) is 0 Å². The molecule has 0 aromatic carbocycles. The van der Waals surface area contributed by atoms with Gasteiger partial charge in [0, 0.05) is 6.10 Å². The van der Waals surface area contributed by atoms with Gasteiger partial charge in [-0.1, -0.05) is 0 Å². The molecule has 0 spiro atoms. The monoisotopic (exact) mass is 130 g/mol. The third-order valence-corrected chi connectivity index (χ3v) is 0.388. The molecular formula is C6H10O3. The van der Waals surface area contributed by atoms with Crippen molar-refractivity contribution in [2.75, 3.05) is 0 Å². The Labute approximate surface area is 53.9 Å². The molecule has 0 unspecified atom stereocenters. The van der Waals surface area contributed by atoms with E-state index in [4.69, 9.17) is 5.11 Å². The van der Waals surface area contributed by atoms with Crippen LogP contribution in [0, 0.1) is 0 Å². The maximum atomic E-state index is 9.59. The van der Waals surface area contributed by atoms with E-state index in [0.717, 1.165) is 0 Å².